The van der Waals surface area contributed by atoms with Gasteiger partial charge >= 0.3 is 0 Å². The summed E-state index contributed by atoms with van der Waals surface area (Å²) in [5.41, 5.74) is 2.40. The lowest BCUT2D eigenvalue weighted by molar-refractivity contribution is 0.415. The first-order valence-electron chi connectivity index (χ1n) is 7.98. The Morgan fingerprint density at radius 2 is 1.83 bits per heavy atom. The van der Waals surface area contributed by atoms with Crippen molar-refractivity contribution in [1.29, 1.82) is 0 Å². The van der Waals surface area contributed by atoms with Crippen molar-refractivity contribution in [2.24, 2.45) is 0 Å². The Morgan fingerprint density at radius 3 is 2.57 bits per heavy atom. The standard InChI is InChI=1S/C18H19N3OS/c1-22-14-7-5-13(6-8-14)15-11-23-18-16(15)17(19-12-20-18)21-9-3-2-4-10-21/h5-8,11-12H,2-4,9-10H2,1H3. The number of hydrogen-bond acceptors (Lipinski definition) is 5. The molecule has 0 spiro atoms. The summed E-state index contributed by atoms with van der Waals surface area (Å²) in [4.78, 5) is 12.6. The lowest BCUT2D eigenvalue weighted by Crippen LogP contribution is -2.30. The minimum atomic E-state index is 0.876. The molecule has 0 saturated carbocycles. The van der Waals surface area contributed by atoms with Gasteiger partial charge in [-0.15, -0.1) is 11.3 Å². The summed E-state index contributed by atoms with van der Waals surface area (Å²) in [6.45, 7) is 2.17. The molecule has 1 aliphatic heterocycles. The van der Waals surface area contributed by atoms with Crippen LogP contribution in [-0.4, -0.2) is 30.2 Å². The molecule has 0 N–H and O–H groups in total. The molecule has 4 nitrogen and oxygen atoms in total. The Labute approximate surface area is 139 Å². The van der Waals surface area contributed by atoms with Crippen molar-refractivity contribution >= 4 is 27.4 Å². The molecular formula is C18H19N3OS. The largest absolute Gasteiger partial charge is 0.497 e. The zero-order valence-electron chi connectivity index (χ0n) is 13.2. The van der Waals surface area contributed by atoms with Crippen LogP contribution < -0.4 is 9.64 Å². The second-order valence-electron chi connectivity index (χ2n) is 5.80. The maximum atomic E-state index is 5.26. The number of nitrogens with zero attached hydrogens (tertiary/aromatic N) is 3. The van der Waals surface area contributed by atoms with E-state index in [-0.39, 0.29) is 0 Å². The van der Waals surface area contributed by atoms with Crippen LogP contribution in [-0.2, 0) is 0 Å². The number of methoxy groups -OCH3 is 1. The van der Waals surface area contributed by atoms with E-state index in [0.29, 0.717) is 0 Å². The number of anilines is 1. The van der Waals surface area contributed by atoms with Gasteiger partial charge in [0.1, 0.15) is 22.7 Å². The molecular weight excluding hydrogens is 306 g/mol. The van der Waals surface area contributed by atoms with Gasteiger partial charge in [0.05, 0.1) is 12.5 Å². The summed E-state index contributed by atoms with van der Waals surface area (Å²) in [5.74, 6) is 1.96. The van der Waals surface area contributed by atoms with Gasteiger partial charge in [-0.05, 0) is 37.0 Å². The molecule has 23 heavy (non-hydrogen) atoms. The lowest BCUT2D eigenvalue weighted by atomic mass is 10.0. The van der Waals surface area contributed by atoms with Crippen molar-refractivity contribution in [3.8, 4) is 16.9 Å². The molecule has 0 bridgehead atoms. The number of rotatable bonds is 3. The van der Waals surface area contributed by atoms with Crippen LogP contribution in [0, 0.1) is 0 Å². The molecule has 0 unspecified atom stereocenters. The molecule has 3 aromatic rings. The monoisotopic (exact) mass is 325 g/mol. The van der Waals surface area contributed by atoms with E-state index in [2.05, 4.69) is 32.4 Å². The zero-order valence-corrected chi connectivity index (χ0v) is 14.0. The molecule has 118 valence electrons. The van der Waals surface area contributed by atoms with E-state index in [0.717, 1.165) is 29.5 Å². The highest BCUT2D eigenvalue weighted by atomic mass is 32.1. The Bertz CT molecular complexity index is 807. The number of ether oxygens (including phenoxy) is 1. The quantitative estimate of drug-likeness (QED) is 0.717. The minimum absolute atomic E-state index is 0.876. The molecule has 4 rings (SSSR count). The fourth-order valence-electron chi connectivity index (χ4n) is 3.19. The maximum Gasteiger partial charge on any atom is 0.141 e. The van der Waals surface area contributed by atoms with Crippen molar-refractivity contribution in [3.05, 3.63) is 36.0 Å². The fourth-order valence-corrected chi connectivity index (χ4v) is 4.10. The normalized spacial score (nSPS) is 15.1. The fraction of sp³-hybridized carbons (Fsp3) is 0.333. The second-order valence-corrected chi connectivity index (χ2v) is 6.66. The molecule has 0 radical (unpaired) electrons. The van der Waals surface area contributed by atoms with Crippen LogP contribution in [0.25, 0.3) is 21.3 Å². The van der Waals surface area contributed by atoms with Gasteiger partial charge in [0.15, 0.2) is 0 Å². The number of hydrogen-bond donors (Lipinski definition) is 0. The highest BCUT2D eigenvalue weighted by Crippen LogP contribution is 2.38. The predicted octanol–water partition coefficient (Wildman–Crippen LogP) is 4.36. The summed E-state index contributed by atoms with van der Waals surface area (Å²) in [6.07, 6.45) is 5.50. The summed E-state index contributed by atoms with van der Waals surface area (Å²) in [6, 6.07) is 8.22. The summed E-state index contributed by atoms with van der Waals surface area (Å²) in [7, 11) is 1.69. The Kier molecular flexibility index (Phi) is 3.87. The van der Waals surface area contributed by atoms with Crippen molar-refractivity contribution in [1.82, 2.24) is 9.97 Å². The van der Waals surface area contributed by atoms with E-state index in [1.807, 2.05) is 12.1 Å². The smallest absolute Gasteiger partial charge is 0.141 e. The zero-order chi connectivity index (χ0) is 15.6. The van der Waals surface area contributed by atoms with Crippen molar-refractivity contribution < 1.29 is 4.74 Å². The maximum absolute atomic E-state index is 5.26. The van der Waals surface area contributed by atoms with Crippen LogP contribution in [0.2, 0.25) is 0 Å². The van der Waals surface area contributed by atoms with Crippen LogP contribution in [0.3, 0.4) is 0 Å². The van der Waals surface area contributed by atoms with E-state index in [4.69, 9.17) is 4.74 Å². The Balaban J connectivity index is 1.83. The van der Waals surface area contributed by atoms with Gasteiger partial charge in [0.2, 0.25) is 0 Å². The third-order valence-corrected chi connectivity index (χ3v) is 5.29. The van der Waals surface area contributed by atoms with E-state index in [1.165, 1.54) is 35.8 Å². The molecule has 0 atom stereocenters. The highest BCUT2D eigenvalue weighted by Gasteiger charge is 2.19. The van der Waals surface area contributed by atoms with E-state index >= 15 is 0 Å². The van der Waals surface area contributed by atoms with Crippen molar-refractivity contribution in [2.45, 2.75) is 19.3 Å². The number of aromatic nitrogens is 2. The van der Waals surface area contributed by atoms with Gasteiger partial charge in [-0.3, -0.25) is 0 Å². The molecule has 3 heterocycles. The van der Waals surface area contributed by atoms with E-state index < -0.39 is 0 Å². The molecule has 5 heteroatoms. The average molecular weight is 325 g/mol. The van der Waals surface area contributed by atoms with E-state index in [1.54, 1.807) is 24.8 Å². The molecule has 2 aromatic heterocycles. The minimum Gasteiger partial charge on any atom is -0.497 e. The third-order valence-electron chi connectivity index (χ3n) is 4.41. The van der Waals surface area contributed by atoms with Gasteiger partial charge < -0.3 is 9.64 Å². The summed E-state index contributed by atoms with van der Waals surface area (Å²) >= 11 is 1.69. The number of benzene rings is 1. The van der Waals surface area contributed by atoms with Crippen LogP contribution >= 0.6 is 11.3 Å². The third kappa shape index (κ3) is 2.65. The van der Waals surface area contributed by atoms with Gasteiger partial charge in [-0.2, -0.15) is 0 Å². The van der Waals surface area contributed by atoms with Crippen LogP contribution in [0.4, 0.5) is 5.82 Å². The molecule has 1 fully saturated rings. The first kappa shape index (κ1) is 14.5. The average Bonchev–Trinajstić information content (AvgIpc) is 3.07. The number of fused-ring (bicyclic) bond motifs is 1. The second kappa shape index (κ2) is 6.16. The molecule has 1 saturated heterocycles. The Hall–Kier alpha value is -2.14. The first-order chi connectivity index (χ1) is 11.4. The van der Waals surface area contributed by atoms with Gasteiger partial charge in [0, 0.05) is 24.0 Å². The molecule has 0 amide bonds. The number of thiophene rings is 1. The molecule has 0 aliphatic carbocycles. The first-order valence-corrected chi connectivity index (χ1v) is 8.86. The van der Waals surface area contributed by atoms with Gasteiger partial charge in [-0.1, -0.05) is 12.1 Å². The summed E-state index contributed by atoms with van der Waals surface area (Å²) < 4.78 is 5.26. The van der Waals surface area contributed by atoms with Gasteiger partial charge in [-0.25, -0.2) is 9.97 Å². The molecule has 1 aromatic carbocycles. The Morgan fingerprint density at radius 1 is 1.04 bits per heavy atom. The number of piperidine rings is 1. The van der Waals surface area contributed by atoms with Crippen LogP contribution in [0.15, 0.2) is 36.0 Å². The predicted molar refractivity (Wildman–Crippen MR) is 95.5 cm³/mol. The SMILES string of the molecule is COc1ccc(-c2csc3ncnc(N4CCCCC4)c23)cc1. The topological polar surface area (TPSA) is 38.3 Å². The lowest BCUT2D eigenvalue weighted by Gasteiger charge is -2.28. The van der Waals surface area contributed by atoms with E-state index in [9.17, 15) is 0 Å². The van der Waals surface area contributed by atoms with Crippen molar-refractivity contribution in [3.63, 3.8) is 0 Å². The highest BCUT2D eigenvalue weighted by molar-refractivity contribution is 7.17. The molecule has 1 aliphatic rings. The van der Waals surface area contributed by atoms with Crippen LogP contribution in [0.5, 0.6) is 5.75 Å². The summed E-state index contributed by atoms with van der Waals surface area (Å²) in [5, 5.41) is 3.37. The van der Waals surface area contributed by atoms with Gasteiger partial charge in [0.25, 0.3) is 0 Å². The van der Waals surface area contributed by atoms with Crippen LogP contribution in [0.1, 0.15) is 19.3 Å². The van der Waals surface area contributed by atoms with Crippen molar-refractivity contribution in [2.75, 3.05) is 25.1 Å².